The van der Waals surface area contributed by atoms with Gasteiger partial charge >= 0.3 is 6.18 Å². The Hall–Kier alpha value is -2.31. The van der Waals surface area contributed by atoms with E-state index >= 15 is 0 Å². The highest BCUT2D eigenvalue weighted by atomic mass is 19.4. The number of hydrogen-bond acceptors (Lipinski definition) is 2. The first kappa shape index (κ1) is 21.4. The minimum absolute atomic E-state index is 0.161. The van der Waals surface area contributed by atoms with Crippen molar-refractivity contribution in [2.24, 2.45) is 7.05 Å². The fourth-order valence-corrected chi connectivity index (χ4v) is 4.42. The second kappa shape index (κ2) is 8.59. The second-order valence-corrected chi connectivity index (χ2v) is 7.95. The van der Waals surface area contributed by atoms with E-state index in [1.165, 1.54) is 6.07 Å². The van der Waals surface area contributed by atoms with Gasteiger partial charge in [-0.05, 0) is 38.3 Å². The van der Waals surface area contributed by atoms with Crippen molar-refractivity contribution < 1.29 is 18.0 Å². The minimum Gasteiger partial charge on any atom is -0.352 e. The van der Waals surface area contributed by atoms with Crippen molar-refractivity contribution in [3.63, 3.8) is 0 Å². The number of benzene rings is 1. The van der Waals surface area contributed by atoms with Gasteiger partial charge in [-0.15, -0.1) is 0 Å². The summed E-state index contributed by atoms with van der Waals surface area (Å²) < 4.78 is 42.5. The van der Waals surface area contributed by atoms with Gasteiger partial charge in [0.05, 0.1) is 17.7 Å². The Morgan fingerprint density at radius 2 is 1.86 bits per heavy atom. The van der Waals surface area contributed by atoms with Crippen molar-refractivity contribution in [1.29, 1.82) is 0 Å². The van der Waals surface area contributed by atoms with Crippen molar-refractivity contribution >= 4 is 5.91 Å². The van der Waals surface area contributed by atoms with E-state index < -0.39 is 11.7 Å². The molecule has 2 atom stereocenters. The zero-order chi connectivity index (χ0) is 21.2. The maximum atomic E-state index is 13.6. The first-order valence-corrected chi connectivity index (χ1v) is 10.1. The lowest BCUT2D eigenvalue weighted by Crippen LogP contribution is -2.40. The van der Waals surface area contributed by atoms with Gasteiger partial charge in [0.15, 0.2) is 0 Å². The van der Waals surface area contributed by atoms with Crippen LogP contribution < -0.4 is 5.32 Å². The summed E-state index contributed by atoms with van der Waals surface area (Å²) in [5.74, 6) is -0.499. The van der Waals surface area contributed by atoms with Crippen LogP contribution in [0, 0.1) is 13.8 Å². The van der Waals surface area contributed by atoms with E-state index in [0.29, 0.717) is 18.4 Å². The third kappa shape index (κ3) is 4.82. The fraction of sp³-hybridized carbons (Fsp3) is 0.545. The number of nitrogens with zero attached hydrogens (tertiary/aromatic N) is 2. The first-order chi connectivity index (χ1) is 13.7. The Kier molecular flexibility index (Phi) is 6.34. The zero-order valence-corrected chi connectivity index (χ0v) is 17.1. The van der Waals surface area contributed by atoms with Crippen LogP contribution >= 0.6 is 0 Å². The molecule has 2 aromatic rings. The minimum atomic E-state index is -4.40. The molecule has 1 aromatic heterocycles. The zero-order valence-electron chi connectivity index (χ0n) is 17.1. The molecule has 1 saturated carbocycles. The van der Waals surface area contributed by atoms with E-state index in [2.05, 4.69) is 10.4 Å². The number of rotatable bonds is 4. The molecular weight excluding hydrogens is 379 g/mol. The lowest BCUT2D eigenvalue weighted by Gasteiger charge is -2.29. The molecule has 1 aliphatic rings. The van der Waals surface area contributed by atoms with Gasteiger partial charge in [0, 0.05) is 30.3 Å². The number of carbonyl (C=O) groups excluding carboxylic acids is 1. The number of carbonyl (C=O) groups is 1. The van der Waals surface area contributed by atoms with Crippen LogP contribution in [0.4, 0.5) is 13.2 Å². The summed E-state index contributed by atoms with van der Waals surface area (Å²) >= 11 is 0. The van der Waals surface area contributed by atoms with Crippen molar-refractivity contribution in [3.05, 3.63) is 52.3 Å². The van der Waals surface area contributed by atoms with E-state index in [1.807, 2.05) is 20.9 Å². The average molecular weight is 407 g/mol. The van der Waals surface area contributed by atoms with E-state index in [1.54, 1.807) is 16.8 Å². The molecule has 1 fully saturated rings. The molecule has 0 bridgehead atoms. The maximum absolute atomic E-state index is 13.6. The topological polar surface area (TPSA) is 46.9 Å². The molecule has 158 valence electrons. The van der Waals surface area contributed by atoms with Crippen LogP contribution in [0.15, 0.2) is 24.3 Å². The van der Waals surface area contributed by atoms with E-state index in [9.17, 15) is 18.0 Å². The van der Waals surface area contributed by atoms with Crippen LogP contribution in [0.2, 0.25) is 0 Å². The van der Waals surface area contributed by atoms with Crippen molar-refractivity contribution in [2.75, 3.05) is 0 Å². The Bertz CT molecular complexity index is 873. The lowest BCUT2D eigenvalue weighted by molar-refractivity contribution is -0.138. The Morgan fingerprint density at radius 1 is 1.17 bits per heavy atom. The molecule has 0 radical (unpaired) electrons. The van der Waals surface area contributed by atoms with Gasteiger partial charge in [0.1, 0.15) is 0 Å². The van der Waals surface area contributed by atoms with Gasteiger partial charge in [-0.2, -0.15) is 18.3 Å². The molecule has 29 heavy (non-hydrogen) atoms. The molecule has 0 unspecified atom stereocenters. The average Bonchev–Trinajstić information content (AvgIpc) is 2.82. The van der Waals surface area contributed by atoms with E-state index in [4.69, 9.17) is 0 Å². The summed E-state index contributed by atoms with van der Waals surface area (Å²) in [5, 5.41) is 7.39. The van der Waals surface area contributed by atoms with E-state index in [-0.39, 0.29) is 24.3 Å². The highest BCUT2D eigenvalue weighted by molar-refractivity contribution is 5.79. The summed E-state index contributed by atoms with van der Waals surface area (Å²) in [6.07, 6.45) is -0.143. The molecule has 0 aliphatic heterocycles. The van der Waals surface area contributed by atoms with Gasteiger partial charge in [0.25, 0.3) is 0 Å². The van der Waals surface area contributed by atoms with Crippen molar-refractivity contribution in [2.45, 2.75) is 70.5 Å². The molecule has 4 nitrogen and oxygen atoms in total. The standard InChI is InChI=1S/C22H28F3N3O/c1-14-18(15(2)28(3)27-14)13-21(29)26-20-12-6-4-5-10-17(20)16-9-7-8-11-19(16)22(23,24)25/h7-9,11,17,20H,4-6,10,12-13H2,1-3H3,(H,26,29)/t17-,20+/m1/s1. The maximum Gasteiger partial charge on any atom is 0.416 e. The summed E-state index contributed by atoms with van der Waals surface area (Å²) in [7, 11) is 1.83. The molecule has 1 N–H and O–H groups in total. The summed E-state index contributed by atoms with van der Waals surface area (Å²) in [6, 6.07) is 5.47. The molecule has 3 rings (SSSR count). The quantitative estimate of drug-likeness (QED) is 0.738. The van der Waals surface area contributed by atoms with Gasteiger partial charge in [-0.1, -0.05) is 37.5 Å². The van der Waals surface area contributed by atoms with Crippen LogP contribution in [0.25, 0.3) is 0 Å². The van der Waals surface area contributed by atoms with Crippen LogP contribution in [0.3, 0.4) is 0 Å². The predicted octanol–water partition coefficient (Wildman–Crippen LogP) is 4.83. The molecule has 1 heterocycles. The SMILES string of the molecule is Cc1nn(C)c(C)c1CC(=O)N[C@H]1CCCCC[C@@H]1c1ccccc1C(F)(F)F. The van der Waals surface area contributed by atoms with Crippen molar-refractivity contribution in [3.8, 4) is 0 Å². The van der Waals surface area contributed by atoms with E-state index in [0.717, 1.165) is 42.3 Å². The molecule has 1 amide bonds. The Balaban J connectivity index is 1.84. The third-order valence-corrected chi connectivity index (χ3v) is 6.02. The Labute approximate surface area is 169 Å². The smallest absolute Gasteiger partial charge is 0.352 e. The summed E-state index contributed by atoms with van der Waals surface area (Å²) in [4.78, 5) is 12.8. The second-order valence-electron chi connectivity index (χ2n) is 7.95. The Morgan fingerprint density at radius 3 is 2.52 bits per heavy atom. The normalized spacial score (nSPS) is 20.3. The van der Waals surface area contributed by atoms with Gasteiger partial charge < -0.3 is 5.32 Å². The molecule has 7 heteroatoms. The van der Waals surface area contributed by atoms with Crippen LogP contribution in [-0.2, 0) is 24.4 Å². The number of hydrogen-bond donors (Lipinski definition) is 1. The number of aryl methyl sites for hydroxylation is 2. The van der Waals surface area contributed by atoms with Gasteiger partial charge in [-0.3, -0.25) is 9.48 Å². The molecule has 0 saturated heterocycles. The molecule has 1 aromatic carbocycles. The fourth-order valence-electron chi connectivity index (χ4n) is 4.42. The monoisotopic (exact) mass is 407 g/mol. The summed E-state index contributed by atoms with van der Waals surface area (Å²) in [5.41, 5.74) is 2.31. The van der Waals surface area contributed by atoms with Crippen LogP contribution in [0.1, 0.15) is 66.1 Å². The van der Waals surface area contributed by atoms with Gasteiger partial charge in [-0.25, -0.2) is 0 Å². The highest BCUT2D eigenvalue weighted by Gasteiger charge is 2.37. The number of aromatic nitrogens is 2. The molecule has 0 spiro atoms. The third-order valence-electron chi connectivity index (χ3n) is 6.02. The lowest BCUT2D eigenvalue weighted by atomic mass is 9.84. The number of halogens is 3. The first-order valence-electron chi connectivity index (χ1n) is 10.1. The largest absolute Gasteiger partial charge is 0.416 e. The number of nitrogens with one attached hydrogen (secondary N) is 1. The molecular formula is C22H28F3N3O. The highest BCUT2D eigenvalue weighted by Crippen LogP contribution is 2.40. The number of alkyl halides is 3. The number of amides is 1. The van der Waals surface area contributed by atoms with Gasteiger partial charge in [0.2, 0.25) is 5.91 Å². The molecule has 1 aliphatic carbocycles. The van der Waals surface area contributed by atoms with Crippen LogP contribution in [0.5, 0.6) is 0 Å². The van der Waals surface area contributed by atoms with Crippen LogP contribution in [-0.4, -0.2) is 21.7 Å². The van der Waals surface area contributed by atoms with Crippen molar-refractivity contribution in [1.82, 2.24) is 15.1 Å². The predicted molar refractivity (Wildman–Crippen MR) is 106 cm³/mol. The summed E-state index contributed by atoms with van der Waals surface area (Å²) in [6.45, 7) is 3.78.